The second-order valence-electron chi connectivity index (χ2n) is 9.49. The minimum Gasteiger partial charge on any atom is -0.481 e. The van der Waals surface area contributed by atoms with Gasteiger partial charge in [-0.3, -0.25) is 23.9 Å². The van der Waals surface area contributed by atoms with Gasteiger partial charge in [0.2, 0.25) is 0 Å². The number of hydrogen-bond donors (Lipinski definition) is 1. The van der Waals surface area contributed by atoms with E-state index < -0.39 is 5.97 Å². The first-order valence-corrected chi connectivity index (χ1v) is 14.0. The number of nitrogens with zero attached hydrogens (tertiary/aromatic N) is 5. The number of carboxylic acids is 1. The lowest BCUT2D eigenvalue weighted by molar-refractivity contribution is -0.137. The topological polar surface area (TPSA) is 110 Å². The Hall–Kier alpha value is -2.68. The Morgan fingerprint density at radius 2 is 1.84 bits per heavy atom. The van der Waals surface area contributed by atoms with Gasteiger partial charge in [0, 0.05) is 51.3 Å². The molecule has 200 valence electrons. The van der Waals surface area contributed by atoms with Gasteiger partial charge in [-0.15, -0.1) is 0 Å². The van der Waals surface area contributed by atoms with Crippen molar-refractivity contribution in [2.24, 2.45) is 0 Å². The Morgan fingerprint density at radius 3 is 2.46 bits per heavy atom. The molecule has 2 aliphatic heterocycles. The molecule has 1 aromatic rings. The summed E-state index contributed by atoms with van der Waals surface area (Å²) >= 11 is 6.73. The summed E-state index contributed by atoms with van der Waals surface area (Å²) in [6.45, 7) is 7.97. The fraction of sp³-hybridized carbons (Fsp3) is 0.577. The summed E-state index contributed by atoms with van der Waals surface area (Å²) in [4.78, 5) is 43.9. The van der Waals surface area contributed by atoms with Crippen molar-refractivity contribution in [2.75, 3.05) is 44.7 Å². The summed E-state index contributed by atoms with van der Waals surface area (Å²) in [6, 6.07) is 2.10. The van der Waals surface area contributed by atoms with Crippen LogP contribution in [-0.2, 0) is 16.1 Å². The van der Waals surface area contributed by atoms with Crippen LogP contribution in [0.3, 0.4) is 0 Å². The summed E-state index contributed by atoms with van der Waals surface area (Å²) in [6.07, 6.45) is 5.55. The number of aromatic nitrogens is 1. The van der Waals surface area contributed by atoms with Gasteiger partial charge in [0.15, 0.2) is 0 Å². The highest BCUT2D eigenvalue weighted by Gasteiger charge is 2.33. The zero-order chi connectivity index (χ0) is 27.1. The fourth-order valence-corrected chi connectivity index (χ4v) is 5.86. The zero-order valence-corrected chi connectivity index (χ0v) is 23.4. The van der Waals surface area contributed by atoms with E-state index in [1.165, 1.54) is 11.8 Å². The standard InChI is InChI=1S/C26H35N5O4S2/c1-4-5-10-30-23(29-14-12-28(3)13-15-29)19(18(2)20(17-27)24(30)34)16-21-25(35)31(26(36)37-21)11-8-6-7-9-22(32)33/h16H,4-15H2,1-3H3,(H,32,33)/b21-16+. The number of aliphatic carboxylic acids is 1. The molecule has 3 heterocycles. The highest BCUT2D eigenvalue weighted by molar-refractivity contribution is 8.26. The maximum atomic E-state index is 13.4. The van der Waals surface area contributed by atoms with Crippen molar-refractivity contribution in [1.82, 2.24) is 14.4 Å². The molecule has 0 aromatic carbocycles. The smallest absolute Gasteiger partial charge is 0.303 e. The third kappa shape index (κ3) is 6.80. The molecule has 1 amide bonds. The first-order valence-electron chi connectivity index (χ1n) is 12.8. The molecule has 11 heteroatoms. The average molecular weight is 546 g/mol. The van der Waals surface area contributed by atoms with Crippen LogP contribution in [-0.4, -0.2) is 75.4 Å². The summed E-state index contributed by atoms with van der Waals surface area (Å²) in [7, 11) is 2.07. The summed E-state index contributed by atoms with van der Waals surface area (Å²) in [5.41, 5.74) is 1.12. The summed E-state index contributed by atoms with van der Waals surface area (Å²) in [5.74, 6) is -0.249. The molecular formula is C26H35N5O4S2. The molecule has 2 fully saturated rings. The molecule has 0 saturated carbocycles. The van der Waals surface area contributed by atoms with Gasteiger partial charge in [-0.2, -0.15) is 5.26 Å². The van der Waals surface area contributed by atoms with Gasteiger partial charge < -0.3 is 14.9 Å². The number of thioether (sulfide) groups is 1. The Labute approximate surface area is 227 Å². The number of nitriles is 1. The molecule has 0 atom stereocenters. The van der Waals surface area contributed by atoms with Crippen molar-refractivity contribution < 1.29 is 14.7 Å². The third-order valence-corrected chi connectivity index (χ3v) is 8.18. The van der Waals surface area contributed by atoms with Gasteiger partial charge in [0.25, 0.3) is 11.5 Å². The van der Waals surface area contributed by atoms with Crippen molar-refractivity contribution in [3.63, 3.8) is 0 Å². The number of carbonyl (C=O) groups is 2. The second kappa shape index (κ2) is 13.2. The van der Waals surface area contributed by atoms with E-state index in [4.69, 9.17) is 17.3 Å². The van der Waals surface area contributed by atoms with Crippen LogP contribution >= 0.6 is 24.0 Å². The Kier molecular flexibility index (Phi) is 10.3. The molecule has 37 heavy (non-hydrogen) atoms. The number of piperazine rings is 1. The van der Waals surface area contributed by atoms with Crippen LogP contribution in [0.2, 0.25) is 0 Å². The molecule has 9 nitrogen and oxygen atoms in total. The quantitative estimate of drug-likeness (QED) is 0.254. The van der Waals surface area contributed by atoms with E-state index in [0.717, 1.165) is 50.4 Å². The highest BCUT2D eigenvalue weighted by atomic mass is 32.2. The van der Waals surface area contributed by atoms with Crippen molar-refractivity contribution in [3.05, 3.63) is 31.9 Å². The van der Waals surface area contributed by atoms with E-state index in [-0.39, 0.29) is 23.5 Å². The first-order chi connectivity index (χ1) is 17.7. The second-order valence-corrected chi connectivity index (χ2v) is 11.2. The third-order valence-electron chi connectivity index (χ3n) is 6.81. The number of amides is 1. The van der Waals surface area contributed by atoms with Crippen LogP contribution in [0.15, 0.2) is 9.70 Å². The number of carboxylic acid groups (broad SMARTS) is 1. The molecule has 1 N–H and O–H groups in total. The molecule has 2 aliphatic rings. The minimum absolute atomic E-state index is 0.106. The van der Waals surface area contributed by atoms with E-state index in [0.29, 0.717) is 47.1 Å². The van der Waals surface area contributed by atoms with Crippen LogP contribution in [0, 0.1) is 18.3 Å². The van der Waals surface area contributed by atoms with E-state index in [1.807, 2.05) is 0 Å². The largest absolute Gasteiger partial charge is 0.481 e. The maximum Gasteiger partial charge on any atom is 0.303 e. The summed E-state index contributed by atoms with van der Waals surface area (Å²) < 4.78 is 2.18. The van der Waals surface area contributed by atoms with Crippen molar-refractivity contribution in [2.45, 2.75) is 58.9 Å². The zero-order valence-electron chi connectivity index (χ0n) is 21.8. The molecule has 2 saturated heterocycles. The molecule has 1 aromatic heterocycles. The van der Waals surface area contributed by atoms with Crippen LogP contribution in [0.1, 0.15) is 62.1 Å². The van der Waals surface area contributed by atoms with E-state index >= 15 is 0 Å². The monoisotopic (exact) mass is 545 g/mol. The molecule has 0 aliphatic carbocycles. The predicted molar refractivity (Wildman–Crippen MR) is 151 cm³/mol. The van der Waals surface area contributed by atoms with E-state index in [9.17, 15) is 19.6 Å². The number of rotatable bonds is 11. The Bertz CT molecular complexity index is 1180. The first kappa shape index (κ1) is 28.9. The van der Waals surface area contributed by atoms with Crippen molar-refractivity contribution >= 4 is 52.1 Å². The van der Waals surface area contributed by atoms with Crippen LogP contribution in [0.5, 0.6) is 0 Å². The summed E-state index contributed by atoms with van der Waals surface area (Å²) in [5, 5.41) is 18.7. The van der Waals surface area contributed by atoms with Gasteiger partial charge in [-0.1, -0.05) is 43.7 Å². The number of hydrogen-bond acceptors (Lipinski definition) is 8. The minimum atomic E-state index is -0.822. The average Bonchev–Trinajstić information content (AvgIpc) is 3.12. The number of unbranched alkanes of at least 4 members (excludes halogenated alkanes) is 3. The molecule has 0 radical (unpaired) electrons. The highest BCUT2D eigenvalue weighted by Crippen LogP contribution is 2.36. The lowest BCUT2D eigenvalue weighted by Gasteiger charge is -2.36. The van der Waals surface area contributed by atoms with Crippen LogP contribution in [0.4, 0.5) is 5.82 Å². The Balaban J connectivity index is 2.00. The van der Waals surface area contributed by atoms with Gasteiger partial charge in [-0.05, 0) is 44.9 Å². The van der Waals surface area contributed by atoms with E-state index in [2.05, 4.69) is 29.8 Å². The van der Waals surface area contributed by atoms with Crippen molar-refractivity contribution in [1.29, 1.82) is 5.26 Å². The van der Waals surface area contributed by atoms with Gasteiger partial charge >= 0.3 is 5.97 Å². The number of likely N-dealkylation sites (N-methyl/N-ethyl adjacent to an activating group) is 1. The molecule has 0 unspecified atom stereocenters. The fourth-order valence-electron chi connectivity index (χ4n) is 4.57. The van der Waals surface area contributed by atoms with Gasteiger partial charge in [0.05, 0.1) is 4.91 Å². The molecular weight excluding hydrogens is 510 g/mol. The predicted octanol–water partition coefficient (Wildman–Crippen LogP) is 3.43. The molecule has 0 bridgehead atoms. The number of anilines is 1. The lowest BCUT2D eigenvalue weighted by atomic mass is 10.0. The van der Waals surface area contributed by atoms with Crippen LogP contribution < -0.4 is 10.5 Å². The molecule has 3 rings (SSSR count). The normalized spacial score (nSPS) is 17.6. The SMILES string of the molecule is CCCCn1c(N2CCN(C)CC2)c(/C=C2/SC(=S)N(CCCCCC(=O)O)C2=O)c(C)c(C#N)c1=O. The van der Waals surface area contributed by atoms with Crippen molar-refractivity contribution in [3.8, 4) is 6.07 Å². The Morgan fingerprint density at radius 1 is 1.14 bits per heavy atom. The van der Waals surface area contributed by atoms with Gasteiger partial charge in [0.1, 0.15) is 21.8 Å². The van der Waals surface area contributed by atoms with Crippen LogP contribution in [0.25, 0.3) is 6.08 Å². The van der Waals surface area contributed by atoms with E-state index in [1.54, 1.807) is 22.5 Å². The maximum absolute atomic E-state index is 13.4. The number of carbonyl (C=O) groups excluding carboxylic acids is 1. The lowest BCUT2D eigenvalue weighted by Crippen LogP contribution is -2.47. The number of thiocarbonyl (C=S) groups is 1. The molecule has 0 spiro atoms. The number of pyridine rings is 1. The van der Waals surface area contributed by atoms with Gasteiger partial charge in [-0.25, -0.2) is 0 Å².